The number of halogens is 2. The van der Waals surface area contributed by atoms with Gasteiger partial charge in [-0.3, -0.25) is 0 Å². The fraction of sp³-hybridized carbons (Fsp3) is 0.250. The van der Waals surface area contributed by atoms with Crippen LogP contribution in [-0.4, -0.2) is 0 Å². The van der Waals surface area contributed by atoms with E-state index in [2.05, 4.69) is 139 Å². The van der Waals surface area contributed by atoms with E-state index in [9.17, 15) is 0 Å². The van der Waals surface area contributed by atoms with Gasteiger partial charge in [0.1, 0.15) is 0 Å². The van der Waals surface area contributed by atoms with Crippen LogP contribution >= 0.6 is 0 Å². The first-order valence-electron chi connectivity index (χ1n) is 11.9. The minimum absolute atomic E-state index is 0.184. The van der Waals surface area contributed by atoms with E-state index in [0.717, 1.165) is 11.5 Å². The van der Waals surface area contributed by atoms with Gasteiger partial charge in [-0.15, -0.1) is 0 Å². The van der Waals surface area contributed by atoms with Crippen LogP contribution in [0.2, 0.25) is 0 Å². The molecule has 0 saturated carbocycles. The fourth-order valence-electron chi connectivity index (χ4n) is 3.55. The quantitative estimate of drug-likeness (QED) is 0.283. The van der Waals surface area contributed by atoms with Crippen molar-refractivity contribution in [2.75, 3.05) is 0 Å². The summed E-state index contributed by atoms with van der Waals surface area (Å²) in [6, 6.07) is 35.5. The Hall–Kier alpha value is -1.86. The molecule has 4 rings (SSSR count). The summed E-state index contributed by atoms with van der Waals surface area (Å²) in [5.41, 5.74) is 3.18. The van der Waals surface area contributed by atoms with Gasteiger partial charge in [-0.2, -0.15) is 0 Å². The third-order valence-electron chi connectivity index (χ3n) is 5.72. The number of benzene rings is 4. The average molecular weight is 688 g/mol. The van der Waals surface area contributed by atoms with Crippen LogP contribution in [-0.2, 0) is 10.8 Å². The van der Waals surface area contributed by atoms with Crippen LogP contribution in [0.4, 0.5) is 0 Å². The second-order valence-corrected chi connectivity index (χ2v) is 16.8. The van der Waals surface area contributed by atoms with Gasteiger partial charge in [0.2, 0.25) is 0 Å². The summed E-state index contributed by atoms with van der Waals surface area (Å²) in [6.45, 7) is 13.6. The van der Waals surface area contributed by atoms with Crippen LogP contribution in [0, 0.1) is 14.3 Å². The van der Waals surface area contributed by atoms with Crippen molar-refractivity contribution in [3.05, 3.63) is 122 Å². The average Bonchev–Trinajstić information content (AvgIpc) is 2.81. The summed E-state index contributed by atoms with van der Waals surface area (Å²) in [5.74, 6) is 1.78. The van der Waals surface area contributed by atoms with Crippen molar-refractivity contribution in [1.29, 1.82) is 0 Å². The van der Waals surface area contributed by atoms with Gasteiger partial charge >= 0.3 is 233 Å². The topological polar surface area (TPSA) is 9.23 Å². The Kier molecular flexibility index (Phi) is 8.26. The molecule has 4 aromatic rings. The first-order chi connectivity index (χ1) is 16.6. The molecule has 3 heteroatoms. The first-order valence-corrected chi connectivity index (χ1v) is 16.3. The summed E-state index contributed by atoms with van der Waals surface area (Å²) in [6.07, 6.45) is 0. The number of hydrogen-bond acceptors (Lipinski definition) is 1. The Bertz CT molecular complexity index is 1130. The van der Waals surface area contributed by atoms with E-state index in [1.165, 1.54) is 25.4 Å². The van der Waals surface area contributed by atoms with Crippen LogP contribution < -0.4 is 47.1 Å². The van der Waals surface area contributed by atoms with Gasteiger partial charge in [0.05, 0.1) is 0 Å². The molecule has 1 nitrogen and oxygen atoms in total. The minimum atomic E-state index is -0.184. The Labute approximate surface area is 231 Å². The van der Waals surface area contributed by atoms with E-state index in [1.807, 2.05) is 0 Å². The Balaban J connectivity index is 1.33. The SMILES string of the molecule is CC(C)(C)c1ccc([I-]c2ccc(Oc3ccc([I-]c4ccc(C(C)(C)C)cc4)cc3)cc2)cc1. The molecule has 0 aliphatic rings. The van der Waals surface area contributed by atoms with Crippen LogP contribution in [0.25, 0.3) is 0 Å². The van der Waals surface area contributed by atoms with Gasteiger partial charge < -0.3 is 0 Å². The molecule has 0 saturated heterocycles. The zero-order chi connectivity index (χ0) is 25.1. The maximum absolute atomic E-state index is 6.12. The number of hydrogen-bond donors (Lipinski definition) is 0. The molecule has 0 atom stereocenters. The second kappa shape index (κ2) is 11.0. The van der Waals surface area contributed by atoms with Gasteiger partial charge in [0.25, 0.3) is 0 Å². The molecule has 0 spiro atoms. The molecule has 35 heavy (non-hydrogen) atoms. The third kappa shape index (κ3) is 7.56. The normalized spacial score (nSPS) is 12.2. The van der Waals surface area contributed by atoms with Crippen molar-refractivity contribution >= 4 is 0 Å². The van der Waals surface area contributed by atoms with E-state index >= 15 is 0 Å². The molecule has 0 bridgehead atoms. The Morgan fingerprint density at radius 1 is 0.400 bits per heavy atom. The second-order valence-electron chi connectivity index (χ2n) is 10.7. The number of rotatable bonds is 6. The Morgan fingerprint density at radius 2 is 0.657 bits per heavy atom. The van der Waals surface area contributed by atoms with Gasteiger partial charge in [0, 0.05) is 0 Å². The van der Waals surface area contributed by atoms with E-state index in [-0.39, 0.29) is 53.2 Å². The van der Waals surface area contributed by atoms with Crippen molar-refractivity contribution in [3.63, 3.8) is 0 Å². The van der Waals surface area contributed by atoms with E-state index in [4.69, 9.17) is 4.74 Å². The third-order valence-corrected chi connectivity index (χ3v) is 11.1. The van der Waals surface area contributed by atoms with E-state index < -0.39 is 0 Å². The summed E-state index contributed by atoms with van der Waals surface area (Å²) < 4.78 is 11.8. The van der Waals surface area contributed by atoms with Crippen LogP contribution in [0.15, 0.2) is 97.1 Å². The molecule has 184 valence electrons. The monoisotopic (exact) mass is 688 g/mol. The van der Waals surface area contributed by atoms with Crippen molar-refractivity contribution in [3.8, 4) is 11.5 Å². The molecule has 0 aromatic heterocycles. The van der Waals surface area contributed by atoms with Crippen molar-refractivity contribution < 1.29 is 47.1 Å². The summed E-state index contributed by atoms with van der Waals surface area (Å²) in [5, 5.41) is 0. The number of ether oxygens (including phenoxy) is 1. The molecular weight excluding hydrogens is 654 g/mol. The zero-order valence-corrected chi connectivity index (χ0v) is 25.7. The van der Waals surface area contributed by atoms with Crippen LogP contribution in [0.1, 0.15) is 52.7 Å². The molecule has 0 radical (unpaired) electrons. The molecule has 0 aliphatic carbocycles. The van der Waals surface area contributed by atoms with Crippen molar-refractivity contribution in [1.82, 2.24) is 0 Å². The molecule has 4 aromatic carbocycles. The van der Waals surface area contributed by atoms with E-state index in [0.29, 0.717) is 0 Å². The summed E-state index contributed by atoms with van der Waals surface area (Å²) >= 11 is -0.369. The predicted molar refractivity (Wildman–Crippen MR) is 138 cm³/mol. The molecule has 0 heterocycles. The molecule has 0 unspecified atom stereocenters. The summed E-state index contributed by atoms with van der Waals surface area (Å²) in [7, 11) is 0. The molecular formula is C32H34I2O-2. The van der Waals surface area contributed by atoms with E-state index in [1.54, 1.807) is 0 Å². The summed E-state index contributed by atoms with van der Waals surface area (Å²) in [4.78, 5) is 0. The van der Waals surface area contributed by atoms with Gasteiger partial charge in [-0.25, -0.2) is 0 Å². The maximum atomic E-state index is 6.12. The first kappa shape index (κ1) is 26.2. The van der Waals surface area contributed by atoms with Crippen LogP contribution in [0.5, 0.6) is 11.5 Å². The van der Waals surface area contributed by atoms with Gasteiger partial charge in [-0.05, 0) is 0 Å². The van der Waals surface area contributed by atoms with Crippen molar-refractivity contribution in [2.45, 2.75) is 52.4 Å². The Morgan fingerprint density at radius 3 is 0.914 bits per heavy atom. The van der Waals surface area contributed by atoms with Gasteiger partial charge in [-0.1, -0.05) is 0 Å². The van der Waals surface area contributed by atoms with Crippen LogP contribution in [0.3, 0.4) is 0 Å². The molecule has 0 N–H and O–H groups in total. The zero-order valence-electron chi connectivity index (χ0n) is 21.4. The predicted octanol–water partition coefficient (Wildman–Crippen LogP) is 2.33. The molecule has 0 amide bonds. The van der Waals surface area contributed by atoms with Crippen molar-refractivity contribution in [2.24, 2.45) is 0 Å². The standard InChI is InChI=1S/C32H34I2O/c1-31(2,3)23-7-11-25(12-8-23)33-27-15-19-29(20-16-27)35-30-21-17-28(18-22-30)34-26-13-9-24(10-14-26)32(4,5)6/h7-22H,1-6H3/q-2. The molecule has 0 fully saturated rings. The molecule has 0 aliphatic heterocycles. The van der Waals surface area contributed by atoms with Gasteiger partial charge in [0.15, 0.2) is 0 Å². The fourth-order valence-corrected chi connectivity index (χ4v) is 7.86.